The SMILES string of the molecule is O=C(c1ccccc1)C(O)(C12CC3CC(CC(C3)C1)C2)C12C[C@@H]3CC1C[C@@H](C3)C2. The molecule has 8 aliphatic carbocycles. The molecule has 29 heavy (non-hydrogen) atoms. The zero-order valence-corrected chi connectivity index (χ0v) is 17.5. The van der Waals surface area contributed by atoms with E-state index >= 15 is 0 Å². The van der Waals surface area contributed by atoms with Gasteiger partial charge in [-0.05, 0) is 106 Å². The molecule has 8 fully saturated rings. The smallest absolute Gasteiger partial charge is 0.195 e. The number of hydrogen-bond acceptors (Lipinski definition) is 2. The molecule has 0 amide bonds. The van der Waals surface area contributed by atoms with Gasteiger partial charge in [-0.1, -0.05) is 30.3 Å². The van der Waals surface area contributed by atoms with E-state index in [0.29, 0.717) is 5.92 Å². The van der Waals surface area contributed by atoms with Gasteiger partial charge in [0.15, 0.2) is 5.78 Å². The number of ketones is 1. The van der Waals surface area contributed by atoms with Crippen LogP contribution >= 0.6 is 0 Å². The molecule has 2 nitrogen and oxygen atoms in total. The van der Waals surface area contributed by atoms with Crippen LogP contribution in [-0.4, -0.2) is 16.5 Å². The Labute approximate surface area is 174 Å². The van der Waals surface area contributed by atoms with E-state index < -0.39 is 5.60 Å². The zero-order chi connectivity index (χ0) is 19.4. The first-order chi connectivity index (χ1) is 14.0. The molecule has 0 heterocycles. The maximum atomic E-state index is 14.4. The van der Waals surface area contributed by atoms with Crippen LogP contribution in [0, 0.1) is 46.3 Å². The maximum absolute atomic E-state index is 14.4. The van der Waals surface area contributed by atoms with Crippen molar-refractivity contribution < 1.29 is 9.90 Å². The Morgan fingerprint density at radius 3 is 1.76 bits per heavy atom. The summed E-state index contributed by atoms with van der Waals surface area (Å²) in [5.74, 6) is 4.45. The van der Waals surface area contributed by atoms with Crippen molar-refractivity contribution in [1.29, 1.82) is 0 Å². The van der Waals surface area contributed by atoms with Gasteiger partial charge in [0.2, 0.25) is 0 Å². The summed E-state index contributed by atoms with van der Waals surface area (Å²) in [7, 11) is 0. The number of benzene rings is 1. The second-order valence-corrected chi connectivity index (χ2v) is 12.3. The molecule has 5 atom stereocenters. The average molecular weight is 391 g/mol. The third-order valence-electron chi connectivity index (χ3n) is 10.9. The summed E-state index contributed by atoms with van der Waals surface area (Å²) in [6.45, 7) is 0. The molecule has 0 radical (unpaired) electrons. The van der Waals surface area contributed by atoms with Crippen LogP contribution < -0.4 is 0 Å². The van der Waals surface area contributed by atoms with Crippen LogP contribution in [0.4, 0.5) is 0 Å². The van der Waals surface area contributed by atoms with Crippen LogP contribution in [0.2, 0.25) is 0 Å². The third kappa shape index (κ3) is 2.05. The lowest BCUT2D eigenvalue weighted by atomic mass is 9.40. The lowest BCUT2D eigenvalue weighted by Gasteiger charge is -2.65. The highest BCUT2D eigenvalue weighted by atomic mass is 16.3. The molecule has 0 saturated heterocycles. The van der Waals surface area contributed by atoms with Crippen LogP contribution in [0.25, 0.3) is 0 Å². The molecule has 1 aromatic carbocycles. The second-order valence-electron chi connectivity index (χ2n) is 12.3. The van der Waals surface area contributed by atoms with Gasteiger partial charge >= 0.3 is 0 Å². The molecule has 154 valence electrons. The van der Waals surface area contributed by atoms with Gasteiger partial charge in [0.1, 0.15) is 5.60 Å². The Hall–Kier alpha value is -1.15. The fourth-order valence-corrected chi connectivity index (χ4v) is 10.7. The van der Waals surface area contributed by atoms with Crippen LogP contribution in [0.1, 0.15) is 81.0 Å². The van der Waals surface area contributed by atoms with E-state index in [-0.39, 0.29) is 16.6 Å². The van der Waals surface area contributed by atoms with Gasteiger partial charge in [-0.3, -0.25) is 4.79 Å². The van der Waals surface area contributed by atoms with E-state index in [2.05, 4.69) is 0 Å². The van der Waals surface area contributed by atoms with Crippen LogP contribution in [0.3, 0.4) is 0 Å². The highest BCUT2D eigenvalue weighted by Crippen LogP contribution is 2.76. The third-order valence-corrected chi connectivity index (χ3v) is 10.9. The van der Waals surface area contributed by atoms with E-state index in [0.717, 1.165) is 67.3 Å². The number of Topliss-reactive ketones (excluding diaryl/α,β-unsaturated/α-hetero) is 1. The molecule has 8 saturated carbocycles. The predicted molar refractivity (Wildman–Crippen MR) is 112 cm³/mol. The summed E-state index contributed by atoms with van der Waals surface area (Å²) < 4.78 is 0. The monoisotopic (exact) mass is 390 g/mol. The van der Waals surface area contributed by atoms with Crippen molar-refractivity contribution in [3.63, 3.8) is 0 Å². The van der Waals surface area contributed by atoms with Crippen molar-refractivity contribution in [2.75, 3.05) is 0 Å². The largest absolute Gasteiger partial charge is 0.380 e. The van der Waals surface area contributed by atoms with Crippen molar-refractivity contribution in [1.82, 2.24) is 0 Å². The summed E-state index contributed by atoms with van der Waals surface area (Å²) in [6, 6.07) is 9.86. The van der Waals surface area contributed by atoms with Gasteiger partial charge < -0.3 is 5.11 Å². The minimum absolute atomic E-state index is 0.0910. The van der Waals surface area contributed by atoms with Gasteiger partial charge in [-0.2, -0.15) is 0 Å². The number of carbonyl (C=O) groups excluding carboxylic acids is 1. The Morgan fingerprint density at radius 2 is 1.24 bits per heavy atom. The molecule has 1 N–H and O–H groups in total. The van der Waals surface area contributed by atoms with Gasteiger partial charge in [0.05, 0.1) is 0 Å². The molecule has 0 aromatic heterocycles. The Balaban J connectivity index is 1.42. The van der Waals surface area contributed by atoms with Gasteiger partial charge in [-0.25, -0.2) is 0 Å². The van der Waals surface area contributed by atoms with Gasteiger partial charge in [0, 0.05) is 16.4 Å². The average Bonchev–Trinajstić information content (AvgIpc) is 3.11. The number of aliphatic hydroxyl groups is 1. The molecule has 8 bridgehead atoms. The molecule has 1 aromatic rings. The first kappa shape index (κ1) is 17.5. The lowest BCUT2D eigenvalue weighted by Crippen LogP contribution is -2.69. The quantitative estimate of drug-likeness (QED) is 0.675. The molecule has 0 spiro atoms. The fourth-order valence-electron chi connectivity index (χ4n) is 10.7. The second kappa shape index (κ2) is 5.55. The summed E-state index contributed by atoms with van der Waals surface area (Å²) in [5.41, 5.74) is -0.689. The minimum atomic E-state index is -1.15. The van der Waals surface area contributed by atoms with Crippen molar-refractivity contribution in [3.8, 4) is 0 Å². The molecule has 2 heteroatoms. The van der Waals surface area contributed by atoms with Crippen molar-refractivity contribution in [3.05, 3.63) is 35.9 Å². The predicted octanol–water partition coefficient (Wildman–Crippen LogP) is 5.64. The first-order valence-electron chi connectivity index (χ1n) is 12.3. The van der Waals surface area contributed by atoms with Crippen LogP contribution in [0.15, 0.2) is 30.3 Å². The molecular formula is C27H34O2. The Kier molecular flexibility index (Phi) is 3.35. The summed E-state index contributed by atoms with van der Waals surface area (Å²) >= 11 is 0. The normalized spacial score (nSPS) is 50.8. The van der Waals surface area contributed by atoms with Crippen LogP contribution in [-0.2, 0) is 0 Å². The first-order valence-corrected chi connectivity index (χ1v) is 12.3. The zero-order valence-electron chi connectivity index (χ0n) is 17.5. The van der Waals surface area contributed by atoms with Crippen molar-refractivity contribution in [2.45, 2.75) is 76.2 Å². The van der Waals surface area contributed by atoms with Crippen molar-refractivity contribution >= 4 is 5.78 Å². The van der Waals surface area contributed by atoms with Crippen LogP contribution in [0.5, 0.6) is 0 Å². The summed E-state index contributed by atoms with van der Waals surface area (Å²) in [4.78, 5) is 14.4. The number of hydrogen-bond donors (Lipinski definition) is 1. The minimum Gasteiger partial charge on any atom is -0.380 e. The van der Waals surface area contributed by atoms with Gasteiger partial charge in [0.25, 0.3) is 0 Å². The van der Waals surface area contributed by atoms with E-state index in [1.807, 2.05) is 30.3 Å². The standard InChI is InChI=1S/C27H34O2/c28-24(22-4-2-1-3-5-22)27(29,26-15-20-9-21(16-26)11-23(26)10-20)25-12-17-6-18(13-25)8-19(7-17)14-25/h1-5,17-21,23,29H,6-16H2/t17?,18?,19?,20-,21+,23?,25?,26?,27?. The fraction of sp³-hybridized carbons (Fsp3) is 0.741. The molecule has 9 rings (SSSR count). The van der Waals surface area contributed by atoms with E-state index in [1.165, 1.54) is 38.5 Å². The number of carbonyl (C=O) groups is 1. The van der Waals surface area contributed by atoms with E-state index in [1.54, 1.807) is 0 Å². The lowest BCUT2D eigenvalue weighted by molar-refractivity contribution is -0.212. The van der Waals surface area contributed by atoms with E-state index in [4.69, 9.17) is 0 Å². The van der Waals surface area contributed by atoms with Gasteiger partial charge in [-0.15, -0.1) is 0 Å². The molecular weight excluding hydrogens is 356 g/mol. The summed E-state index contributed by atoms with van der Waals surface area (Å²) in [5, 5.41) is 13.0. The molecule has 8 aliphatic rings. The Bertz CT molecular complexity index is 807. The highest BCUT2D eigenvalue weighted by molar-refractivity contribution is 6.04. The van der Waals surface area contributed by atoms with Crippen molar-refractivity contribution in [2.24, 2.45) is 46.3 Å². The highest BCUT2D eigenvalue weighted by Gasteiger charge is 2.75. The topological polar surface area (TPSA) is 37.3 Å². The number of rotatable bonds is 4. The van der Waals surface area contributed by atoms with E-state index in [9.17, 15) is 9.90 Å². The maximum Gasteiger partial charge on any atom is 0.195 e. The molecule has 0 aliphatic heterocycles. The Morgan fingerprint density at radius 1 is 0.759 bits per heavy atom. The molecule has 3 unspecified atom stereocenters. The summed E-state index contributed by atoms with van der Waals surface area (Å²) in [6.07, 6.45) is 13.5.